The summed E-state index contributed by atoms with van der Waals surface area (Å²) in [6, 6.07) is 11.7. The largest absolute Gasteiger partial charge is 0.497 e. The fourth-order valence-electron chi connectivity index (χ4n) is 3.74. The molecule has 30 heavy (non-hydrogen) atoms. The molecule has 0 bridgehead atoms. The topological polar surface area (TPSA) is 97.4 Å². The molecule has 1 fully saturated rings. The van der Waals surface area contributed by atoms with E-state index in [0.717, 1.165) is 6.42 Å². The lowest BCUT2D eigenvalue weighted by atomic mass is 10.1. The average Bonchev–Trinajstić information content (AvgIpc) is 3.28. The van der Waals surface area contributed by atoms with Gasteiger partial charge in [-0.2, -0.15) is 0 Å². The monoisotopic (exact) mass is 406 g/mol. The van der Waals surface area contributed by atoms with Crippen molar-refractivity contribution in [1.29, 1.82) is 0 Å². The third-order valence-electron chi connectivity index (χ3n) is 5.15. The number of pyridine rings is 1. The molecule has 154 valence electrons. The van der Waals surface area contributed by atoms with Crippen LogP contribution in [0.5, 0.6) is 11.6 Å². The van der Waals surface area contributed by atoms with Gasteiger partial charge in [-0.05, 0) is 43.2 Å². The zero-order valence-electron chi connectivity index (χ0n) is 16.8. The van der Waals surface area contributed by atoms with E-state index in [9.17, 15) is 9.59 Å². The van der Waals surface area contributed by atoms with Gasteiger partial charge in [0.15, 0.2) is 0 Å². The van der Waals surface area contributed by atoms with Crippen molar-refractivity contribution >= 4 is 5.91 Å². The van der Waals surface area contributed by atoms with Crippen LogP contribution in [0.4, 0.5) is 0 Å². The van der Waals surface area contributed by atoms with E-state index in [1.165, 1.54) is 13.2 Å². The Labute approximate surface area is 173 Å². The number of nitrogens with one attached hydrogen (secondary N) is 1. The zero-order valence-corrected chi connectivity index (χ0v) is 16.8. The Bertz CT molecular complexity index is 1130. The minimum Gasteiger partial charge on any atom is -0.497 e. The molecule has 1 amide bonds. The number of aromatic amines is 1. The first-order valence-electron chi connectivity index (χ1n) is 9.66. The van der Waals surface area contributed by atoms with Crippen molar-refractivity contribution in [3.8, 4) is 22.9 Å². The van der Waals surface area contributed by atoms with Crippen LogP contribution in [0, 0.1) is 0 Å². The summed E-state index contributed by atoms with van der Waals surface area (Å²) in [7, 11) is 3.08. The number of amides is 1. The van der Waals surface area contributed by atoms with Crippen LogP contribution in [0.2, 0.25) is 0 Å². The molecule has 0 unspecified atom stereocenters. The summed E-state index contributed by atoms with van der Waals surface area (Å²) in [6.45, 7) is 0.588. The summed E-state index contributed by atoms with van der Waals surface area (Å²) >= 11 is 0. The lowest BCUT2D eigenvalue weighted by Gasteiger charge is -2.24. The van der Waals surface area contributed by atoms with Crippen molar-refractivity contribution in [2.75, 3.05) is 20.8 Å². The predicted octanol–water partition coefficient (Wildman–Crippen LogP) is 2.83. The van der Waals surface area contributed by atoms with E-state index in [4.69, 9.17) is 9.47 Å². The van der Waals surface area contributed by atoms with Crippen molar-refractivity contribution in [3.63, 3.8) is 0 Å². The highest BCUT2D eigenvalue weighted by Gasteiger charge is 2.33. The summed E-state index contributed by atoms with van der Waals surface area (Å²) in [6.07, 6.45) is 3.15. The molecule has 1 saturated heterocycles. The van der Waals surface area contributed by atoms with Gasteiger partial charge in [0.1, 0.15) is 11.6 Å². The summed E-state index contributed by atoms with van der Waals surface area (Å²) in [4.78, 5) is 38.9. The fourth-order valence-corrected chi connectivity index (χ4v) is 3.74. The molecule has 1 aliphatic heterocycles. The van der Waals surface area contributed by atoms with Crippen molar-refractivity contribution in [2.45, 2.75) is 18.9 Å². The van der Waals surface area contributed by atoms with E-state index >= 15 is 0 Å². The van der Waals surface area contributed by atoms with Crippen LogP contribution < -0.4 is 15.0 Å². The van der Waals surface area contributed by atoms with Gasteiger partial charge < -0.3 is 19.4 Å². The van der Waals surface area contributed by atoms with E-state index in [-0.39, 0.29) is 17.5 Å². The van der Waals surface area contributed by atoms with Gasteiger partial charge in [-0.3, -0.25) is 9.59 Å². The highest BCUT2D eigenvalue weighted by atomic mass is 16.5. The number of carbonyl (C=O) groups excluding carboxylic acids is 1. The average molecular weight is 406 g/mol. The normalized spacial score (nSPS) is 15.8. The molecule has 4 rings (SSSR count). The van der Waals surface area contributed by atoms with Crippen LogP contribution in [0.15, 0.2) is 53.5 Å². The van der Waals surface area contributed by atoms with Gasteiger partial charge in [0, 0.05) is 24.4 Å². The SMILES string of the molecule is COc1cccc(C(=O)N2CCC[C@H]2c2nc(-c3cccnc3OC)cc(=O)[nH]2)c1. The Morgan fingerprint density at radius 1 is 1.17 bits per heavy atom. The molecule has 1 aliphatic rings. The molecule has 0 aliphatic carbocycles. The van der Waals surface area contributed by atoms with E-state index in [2.05, 4.69) is 15.0 Å². The number of hydrogen-bond donors (Lipinski definition) is 1. The first-order valence-corrected chi connectivity index (χ1v) is 9.66. The van der Waals surface area contributed by atoms with Crippen LogP contribution in [0.1, 0.15) is 35.1 Å². The molecule has 0 radical (unpaired) electrons. The lowest BCUT2D eigenvalue weighted by molar-refractivity contribution is 0.0729. The minimum atomic E-state index is -0.320. The zero-order chi connectivity index (χ0) is 21.1. The van der Waals surface area contributed by atoms with E-state index in [0.29, 0.717) is 47.2 Å². The number of likely N-dealkylation sites (tertiary alicyclic amines) is 1. The number of nitrogens with zero attached hydrogens (tertiary/aromatic N) is 3. The van der Waals surface area contributed by atoms with Gasteiger partial charge in [-0.15, -0.1) is 0 Å². The molecule has 0 spiro atoms. The first kappa shape index (κ1) is 19.6. The van der Waals surface area contributed by atoms with Gasteiger partial charge in [0.2, 0.25) is 5.88 Å². The summed E-state index contributed by atoms with van der Waals surface area (Å²) in [5.41, 5.74) is 1.32. The number of H-pyrrole nitrogens is 1. The summed E-state index contributed by atoms with van der Waals surface area (Å²) in [5.74, 6) is 1.34. The third kappa shape index (κ3) is 3.76. The number of ether oxygens (including phenoxy) is 2. The van der Waals surface area contributed by atoms with Crippen LogP contribution in [0.3, 0.4) is 0 Å². The summed E-state index contributed by atoms with van der Waals surface area (Å²) in [5, 5.41) is 0. The van der Waals surface area contributed by atoms with Crippen LogP contribution in [-0.2, 0) is 0 Å². The Morgan fingerprint density at radius 3 is 2.83 bits per heavy atom. The number of carbonyl (C=O) groups is 1. The maximum atomic E-state index is 13.2. The molecule has 3 aromatic rings. The second-order valence-electron chi connectivity index (χ2n) is 6.96. The van der Waals surface area contributed by atoms with Gasteiger partial charge in [0.25, 0.3) is 11.5 Å². The number of rotatable bonds is 5. The quantitative estimate of drug-likeness (QED) is 0.700. The number of methoxy groups -OCH3 is 2. The smallest absolute Gasteiger partial charge is 0.254 e. The molecule has 0 saturated carbocycles. The van der Waals surface area contributed by atoms with Gasteiger partial charge >= 0.3 is 0 Å². The fraction of sp³-hybridized carbons (Fsp3) is 0.273. The Balaban J connectivity index is 1.70. The second-order valence-corrected chi connectivity index (χ2v) is 6.96. The predicted molar refractivity (Wildman–Crippen MR) is 111 cm³/mol. The number of hydrogen-bond acceptors (Lipinski definition) is 6. The molecule has 8 nitrogen and oxygen atoms in total. The molecular weight excluding hydrogens is 384 g/mol. The molecule has 1 N–H and O–H groups in total. The van der Waals surface area contributed by atoms with Gasteiger partial charge in [-0.1, -0.05) is 6.07 Å². The highest BCUT2D eigenvalue weighted by molar-refractivity contribution is 5.95. The summed E-state index contributed by atoms with van der Waals surface area (Å²) < 4.78 is 10.5. The second kappa shape index (κ2) is 8.36. The van der Waals surface area contributed by atoms with Crippen molar-refractivity contribution < 1.29 is 14.3 Å². The van der Waals surface area contributed by atoms with E-state index in [1.54, 1.807) is 54.6 Å². The van der Waals surface area contributed by atoms with Crippen molar-refractivity contribution in [3.05, 3.63) is 70.4 Å². The molecule has 1 atom stereocenters. The maximum Gasteiger partial charge on any atom is 0.254 e. The minimum absolute atomic E-state index is 0.122. The molecule has 2 aromatic heterocycles. The first-order chi connectivity index (χ1) is 14.6. The highest BCUT2D eigenvalue weighted by Crippen LogP contribution is 2.33. The third-order valence-corrected chi connectivity index (χ3v) is 5.15. The molecule has 3 heterocycles. The van der Waals surface area contributed by atoms with E-state index in [1.807, 2.05) is 0 Å². The lowest BCUT2D eigenvalue weighted by Crippen LogP contribution is -2.32. The number of aromatic nitrogens is 3. The Kier molecular flexibility index (Phi) is 5.47. The van der Waals surface area contributed by atoms with Crippen LogP contribution in [-0.4, -0.2) is 46.5 Å². The molecular formula is C22H22N4O4. The van der Waals surface area contributed by atoms with Crippen LogP contribution >= 0.6 is 0 Å². The van der Waals surface area contributed by atoms with E-state index < -0.39 is 0 Å². The van der Waals surface area contributed by atoms with Crippen molar-refractivity contribution in [1.82, 2.24) is 19.9 Å². The Morgan fingerprint density at radius 2 is 2.03 bits per heavy atom. The van der Waals surface area contributed by atoms with Gasteiger partial charge in [-0.25, -0.2) is 9.97 Å². The van der Waals surface area contributed by atoms with Gasteiger partial charge in [0.05, 0.1) is 31.5 Å². The Hall–Kier alpha value is -3.68. The van der Waals surface area contributed by atoms with Crippen LogP contribution in [0.25, 0.3) is 11.3 Å². The maximum absolute atomic E-state index is 13.2. The molecule has 8 heteroatoms. The molecule has 1 aromatic carbocycles. The standard InChI is InChI=1S/C22H22N4O4/c1-29-15-7-3-6-14(12-15)22(28)26-11-5-9-18(26)20-24-17(13-19(27)25-20)16-8-4-10-23-21(16)30-2/h3-4,6-8,10,12-13,18H,5,9,11H2,1-2H3,(H,24,25,27)/t18-/m0/s1. The van der Waals surface area contributed by atoms with Crippen molar-refractivity contribution in [2.24, 2.45) is 0 Å². The number of benzene rings is 1.